The van der Waals surface area contributed by atoms with E-state index in [0.717, 1.165) is 11.3 Å². The molecule has 6 nitrogen and oxygen atoms in total. The highest BCUT2D eigenvalue weighted by Gasteiger charge is 2.36. The molecule has 0 saturated heterocycles. The number of aromatic amines is 1. The molecule has 8 heteroatoms. The van der Waals surface area contributed by atoms with Crippen molar-refractivity contribution < 1.29 is 9.15 Å². The van der Waals surface area contributed by atoms with Crippen LogP contribution in [0, 0.1) is 18.3 Å². The van der Waals surface area contributed by atoms with E-state index < -0.39 is 5.92 Å². The van der Waals surface area contributed by atoms with Gasteiger partial charge < -0.3 is 14.9 Å². The van der Waals surface area contributed by atoms with E-state index in [2.05, 4.69) is 16.3 Å². The van der Waals surface area contributed by atoms with E-state index >= 15 is 0 Å². The van der Waals surface area contributed by atoms with Gasteiger partial charge in [-0.3, -0.25) is 5.10 Å². The molecule has 26 heavy (non-hydrogen) atoms. The largest absolute Gasteiger partial charge is 0.460 e. The van der Waals surface area contributed by atoms with Gasteiger partial charge in [0.25, 0.3) is 0 Å². The van der Waals surface area contributed by atoms with E-state index in [-0.39, 0.29) is 11.5 Å². The molecule has 130 valence electrons. The molecule has 2 aromatic heterocycles. The molecule has 0 radical (unpaired) electrons. The smallest absolute Gasteiger partial charge is 0.244 e. The van der Waals surface area contributed by atoms with Crippen molar-refractivity contribution in [2.45, 2.75) is 12.8 Å². The van der Waals surface area contributed by atoms with Crippen molar-refractivity contribution in [1.82, 2.24) is 10.2 Å². The van der Waals surface area contributed by atoms with Gasteiger partial charge in [0.2, 0.25) is 11.8 Å². The van der Waals surface area contributed by atoms with Gasteiger partial charge in [-0.05, 0) is 37.3 Å². The topological polar surface area (TPSA) is 101 Å². The number of rotatable bonds is 2. The Labute approximate surface area is 158 Å². The van der Waals surface area contributed by atoms with Crippen LogP contribution in [0.3, 0.4) is 0 Å². The van der Waals surface area contributed by atoms with E-state index in [0.29, 0.717) is 33.0 Å². The highest BCUT2D eigenvalue weighted by atomic mass is 35.5. The molecule has 3 heterocycles. The average Bonchev–Trinajstić information content (AvgIpc) is 3.21. The highest BCUT2D eigenvalue weighted by Crippen LogP contribution is 2.44. The van der Waals surface area contributed by atoms with Crippen LogP contribution in [0.2, 0.25) is 10.0 Å². The van der Waals surface area contributed by atoms with Crippen molar-refractivity contribution in [3.05, 3.63) is 68.9 Å². The predicted octanol–water partition coefficient (Wildman–Crippen LogP) is 4.50. The van der Waals surface area contributed by atoms with Gasteiger partial charge in [0.15, 0.2) is 0 Å². The summed E-state index contributed by atoms with van der Waals surface area (Å²) in [5.74, 6) is 0.944. The molecular weight excluding hydrogens is 375 g/mol. The molecule has 1 aromatic carbocycles. The van der Waals surface area contributed by atoms with Gasteiger partial charge in [-0.1, -0.05) is 23.2 Å². The molecule has 0 bridgehead atoms. The summed E-state index contributed by atoms with van der Waals surface area (Å²) < 4.78 is 11.5. The number of hydrogen-bond acceptors (Lipinski definition) is 5. The summed E-state index contributed by atoms with van der Waals surface area (Å²) in [4.78, 5) is 0. The summed E-state index contributed by atoms with van der Waals surface area (Å²) >= 11 is 12.2. The zero-order valence-corrected chi connectivity index (χ0v) is 15.0. The summed E-state index contributed by atoms with van der Waals surface area (Å²) in [5.41, 5.74) is 8.37. The van der Waals surface area contributed by atoms with Gasteiger partial charge in [0.1, 0.15) is 23.2 Å². The van der Waals surface area contributed by atoms with E-state index in [1.54, 1.807) is 30.3 Å². The van der Waals surface area contributed by atoms with Crippen LogP contribution in [0.5, 0.6) is 5.88 Å². The van der Waals surface area contributed by atoms with Crippen LogP contribution in [-0.2, 0) is 0 Å². The SMILES string of the molecule is Cc1[nH]nc2c1[C@@H](c1ccc(-c3ccc(Cl)cc3Cl)o1)C(C#N)=C(N)O2. The van der Waals surface area contributed by atoms with E-state index in [4.69, 9.17) is 38.1 Å². The molecule has 0 fully saturated rings. The molecule has 1 aliphatic rings. The predicted molar refractivity (Wildman–Crippen MR) is 96.8 cm³/mol. The molecular formula is C18H12Cl2N4O2. The van der Waals surface area contributed by atoms with Gasteiger partial charge in [0, 0.05) is 16.3 Å². The molecule has 1 aliphatic heterocycles. The van der Waals surface area contributed by atoms with Crippen LogP contribution >= 0.6 is 23.2 Å². The number of allylic oxidation sites excluding steroid dienone is 1. The monoisotopic (exact) mass is 386 g/mol. The number of hydrogen-bond donors (Lipinski definition) is 2. The Morgan fingerprint density at radius 1 is 1.27 bits per heavy atom. The third-order valence-electron chi connectivity index (χ3n) is 4.24. The maximum atomic E-state index is 9.57. The standard InChI is InChI=1S/C18H12Cl2N4O2/c1-8-15-16(11(7-21)17(22)26-18(15)24-23-8)14-5-4-13(25-14)10-3-2-9(19)6-12(10)20/h2-6,16H,22H2,1H3,(H,23,24)/t16-/m1/s1. The normalized spacial score (nSPS) is 16.2. The average molecular weight is 387 g/mol. The van der Waals surface area contributed by atoms with Gasteiger partial charge in [-0.15, -0.1) is 5.10 Å². The lowest BCUT2D eigenvalue weighted by atomic mass is 9.88. The maximum absolute atomic E-state index is 9.57. The van der Waals surface area contributed by atoms with Crippen LogP contribution in [0.4, 0.5) is 0 Å². The molecule has 1 atom stereocenters. The number of aryl methyl sites for hydroxylation is 1. The zero-order valence-electron chi connectivity index (χ0n) is 13.5. The van der Waals surface area contributed by atoms with Crippen molar-refractivity contribution in [3.63, 3.8) is 0 Å². The number of H-pyrrole nitrogens is 1. The number of nitriles is 1. The van der Waals surface area contributed by atoms with Gasteiger partial charge in [-0.25, -0.2) is 0 Å². The van der Waals surface area contributed by atoms with Gasteiger partial charge in [-0.2, -0.15) is 5.26 Å². The lowest BCUT2D eigenvalue weighted by Crippen LogP contribution is -2.20. The lowest BCUT2D eigenvalue weighted by Gasteiger charge is -2.21. The van der Waals surface area contributed by atoms with Crippen LogP contribution in [0.25, 0.3) is 11.3 Å². The third-order valence-corrected chi connectivity index (χ3v) is 4.79. The van der Waals surface area contributed by atoms with E-state index in [1.165, 1.54) is 0 Å². The Morgan fingerprint density at radius 3 is 2.81 bits per heavy atom. The Balaban J connectivity index is 1.84. The van der Waals surface area contributed by atoms with Crippen LogP contribution in [0.1, 0.15) is 22.9 Å². The van der Waals surface area contributed by atoms with Crippen LogP contribution in [0.15, 0.2) is 46.2 Å². The molecule has 4 rings (SSSR count). The molecule has 3 N–H and O–H groups in total. The number of halogens is 2. The highest BCUT2D eigenvalue weighted by molar-refractivity contribution is 6.36. The molecule has 3 aromatic rings. The fraction of sp³-hybridized carbons (Fsp3) is 0.111. The Hall–Kier alpha value is -2.88. The number of fused-ring (bicyclic) bond motifs is 1. The molecule has 0 saturated carbocycles. The Morgan fingerprint density at radius 2 is 2.08 bits per heavy atom. The summed E-state index contributed by atoms with van der Waals surface area (Å²) in [7, 11) is 0. The number of nitrogens with two attached hydrogens (primary N) is 1. The van der Waals surface area contributed by atoms with Crippen molar-refractivity contribution in [2.24, 2.45) is 5.73 Å². The summed E-state index contributed by atoms with van der Waals surface area (Å²) in [6, 6.07) is 10.8. The molecule has 0 aliphatic carbocycles. The van der Waals surface area contributed by atoms with Gasteiger partial charge in [0.05, 0.1) is 16.5 Å². The molecule has 0 unspecified atom stereocenters. The van der Waals surface area contributed by atoms with E-state index in [1.807, 2.05) is 6.92 Å². The Kier molecular flexibility index (Phi) is 3.91. The first kappa shape index (κ1) is 16.6. The van der Waals surface area contributed by atoms with Crippen molar-refractivity contribution in [1.29, 1.82) is 5.26 Å². The fourth-order valence-electron chi connectivity index (χ4n) is 3.03. The number of benzene rings is 1. The minimum Gasteiger partial charge on any atom is -0.460 e. The molecule has 0 spiro atoms. The minimum atomic E-state index is -0.512. The van der Waals surface area contributed by atoms with Crippen LogP contribution in [-0.4, -0.2) is 10.2 Å². The van der Waals surface area contributed by atoms with Crippen molar-refractivity contribution in [3.8, 4) is 23.3 Å². The zero-order chi connectivity index (χ0) is 18.4. The lowest BCUT2D eigenvalue weighted by molar-refractivity contribution is 0.371. The van der Waals surface area contributed by atoms with E-state index in [9.17, 15) is 5.26 Å². The van der Waals surface area contributed by atoms with Crippen molar-refractivity contribution >= 4 is 23.2 Å². The maximum Gasteiger partial charge on any atom is 0.244 e. The second kappa shape index (κ2) is 6.13. The number of nitrogens with zero attached hydrogens (tertiary/aromatic N) is 2. The minimum absolute atomic E-state index is 0.0129. The number of aromatic nitrogens is 2. The Bertz CT molecular complexity index is 1090. The first-order chi connectivity index (χ1) is 12.5. The summed E-state index contributed by atoms with van der Waals surface area (Å²) in [6.45, 7) is 1.85. The van der Waals surface area contributed by atoms with Gasteiger partial charge >= 0.3 is 0 Å². The fourth-order valence-corrected chi connectivity index (χ4v) is 3.53. The first-order valence-corrected chi connectivity index (χ1v) is 8.42. The van der Waals surface area contributed by atoms with Crippen LogP contribution < -0.4 is 10.5 Å². The summed E-state index contributed by atoms with van der Waals surface area (Å²) in [5, 5.41) is 17.5. The number of nitrogens with one attached hydrogen (secondary N) is 1. The summed E-state index contributed by atoms with van der Waals surface area (Å²) in [6.07, 6.45) is 0. The number of ether oxygens (including phenoxy) is 1. The molecule has 0 amide bonds. The third kappa shape index (κ3) is 2.53. The second-order valence-corrected chi connectivity index (χ2v) is 6.66. The van der Waals surface area contributed by atoms with Crippen molar-refractivity contribution in [2.75, 3.05) is 0 Å². The first-order valence-electron chi connectivity index (χ1n) is 7.67. The number of furan rings is 1. The quantitative estimate of drug-likeness (QED) is 0.674. The second-order valence-electron chi connectivity index (χ2n) is 5.82.